The van der Waals surface area contributed by atoms with E-state index < -0.39 is 0 Å². The Balaban J connectivity index is 1.78. The van der Waals surface area contributed by atoms with Crippen molar-refractivity contribution >= 4 is 11.0 Å². The highest BCUT2D eigenvalue weighted by Crippen LogP contribution is 2.28. The van der Waals surface area contributed by atoms with E-state index >= 15 is 0 Å². The Hall–Kier alpha value is -1.69. The lowest BCUT2D eigenvalue weighted by atomic mass is 10.00. The summed E-state index contributed by atoms with van der Waals surface area (Å²) in [5.74, 6) is 0.663. The number of nitrogens with one attached hydrogen (secondary N) is 1. The van der Waals surface area contributed by atoms with Crippen LogP contribution in [0.15, 0.2) is 17.3 Å². The molecule has 0 spiro atoms. The molecule has 0 aromatic carbocycles. The second-order valence-corrected chi connectivity index (χ2v) is 5.62. The van der Waals surface area contributed by atoms with Crippen LogP contribution in [0.3, 0.4) is 0 Å². The van der Waals surface area contributed by atoms with Gasteiger partial charge >= 0.3 is 0 Å². The first-order chi connectivity index (χ1) is 9.70. The lowest BCUT2D eigenvalue weighted by Gasteiger charge is -2.19. The largest absolute Gasteiger partial charge is 0.317 e. The van der Waals surface area contributed by atoms with Crippen molar-refractivity contribution in [1.29, 1.82) is 0 Å². The van der Waals surface area contributed by atoms with Gasteiger partial charge in [0.2, 0.25) is 0 Å². The second-order valence-electron chi connectivity index (χ2n) is 5.62. The molecule has 1 N–H and O–H groups in total. The summed E-state index contributed by atoms with van der Waals surface area (Å²) in [6.07, 6.45) is 8.06. The maximum absolute atomic E-state index is 12.4. The van der Waals surface area contributed by atoms with Crippen LogP contribution in [0.5, 0.6) is 0 Å². The topological polar surface area (TPSA) is 64.7 Å². The number of nitrogens with zero attached hydrogens (tertiary/aromatic N) is 4. The Bertz CT molecular complexity index is 659. The minimum Gasteiger partial charge on any atom is -0.317 e. The van der Waals surface area contributed by atoms with Crippen LogP contribution in [0.1, 0.15) is 25.7 Å². The second kappa shape index (κ2) is 5.36. The third kappa shape index (κ3) is 2.24. The van der Waals surface area contributed by atoms with E-state index in [1.165, 1.54) is 19.3 Å². The molecule has 1 fully saturated rings. The monoisotopic (exact) mass is 275 g/mol. The molecule has 1 saturated carbocycles. The van der Waals surface area contributed by atoms with Crippen molar-refractivity contribution < 1.29 is 0 Å². The molecule has 20 heavy (non-hydrogen) atoms. The fraction of sp³-hybridized carbons (Fsp3) is 0.643. The van der Waals surface area contributed by atoms with Crippen LogP contribution in [-0.2, 0) is 13.6 Å². The van der Waals surface area contributed by atoms with Crippen molar-refractivity contribution in [3.05, 3.63) is 22.9 Å². The van der Waals surface area contributed by atoms with Crippen LogP contribution in [0.2, 0.25) is 0 Å². The van der Waals surface area contributed by atoms with Crippen molar-refractivity contribution in [2.75, 3.05) is 7.05 Å². The fourth-order valence-electron chi connectivity index (χ4n) is 3.29. The summed E-state index contributed by atoms with van der Waals surface area (Å²) >= 11 is 0. The van der Waals surface area contributed by atoms with Gasteiger partial charge in [-0.2, -0.15) is 5.10 Å². The molecule has 6 nitrogen and oxygen atoms in total. The van der Waals surface area contributed by atoms with Gasteiger partial charge in [-0.3, -0.25) is 14.0 Å². The normalized spacial score (nSPS) is 22.7. The maximum Gasteiger partial charge on any atom is 0.264 e. The molecular weight excluding hydrogens is 254 g/mol. The van der Waals surface area contributed by atoms with Crippen molar-refractivity contribution in [3.8, 4) is 0 Å². The molecule has 0 aliphatic heterocycles. The van der Waals surface area contributed by atoms with Crippen molar-refractivity contribution in [2.24, 2.45) is 13.0 Å². The Kier molecular flexibility index (Phi) is 3.56. The number of hydrogen-bond acceptors (Lipinski definition) is 4. The summed E-state index contributed by atoms with van der Waals surface area (Å²) in [4.78, 5) is 16.7. The van der Waals surface area contributed by atoms with E-state index in [0.29, 0.717) is 23.0 Å². The molecule has 1 aliphatic carbocycles. The van der Waals surface area contributed by atoms with E-state index in [-0.39, 0.29) is 5.56 Å². The van der Waals surface area contributed by atoms with E-state index in [4.69, 9.17) is 0 Å². The minimum absolute atomic E-state index is 0.0158. The van der Waals surface area contributed by atoms with Gasteiger partial charge in [0.05, 0.1) is 12.5 Å². The lowest BCUT2D eigenvalue weighted by Crippen LogP contribution is -2.30. The average Bonchev–Trinajstić information content (AvgIpc) is 3.05. The first-order valence-electron chi connectivity index (χ1n) is 7.25. The zero-order chi connectivity index (χ0) is 14.1. The Morgan fingerprint density at radius 1 is 1.45 bits per heavy atom. The minimum atomic E-state index is 0.0158. The van der Waals surface area contributed by atoms with Gasteiger partial charge in [-0.15, -0.1) is 0 Å². The number of aromatic nitrogens is 4. The first kappa shape index (κ1) is 13.3. The van der Waals surface area contributed by atoms with Gasteiger partial charge in [-0.1, -0.05) is 6.42 Å². The fourth-order valence-corrected chi connectivity index (χ4v) is 3.29. The molecule has 2 unspecified atom stereocenters. The Morgan fingerprint density at radius 2 is 2.30 bits per heavy atom. The van der Waals surface area contributed by atoms with Crippen LogP contribution in [-0.4, -0.2) is 32.4 Å². The Labute approximate surface area is 117 Å². The highest BCUT2D eigenvalue weighted by atomic mass is 16.1. The molecular formula is C14H21N5O. The summed E-state index contributed by atoms with van der Waals surface area (Å²) in [5.41, 5.74) is 0.669. The van der Waals surface area contributed by atoms with Gasteiger partial charge in [0, 0.05) is 19.6 Å². The molecule has 6 heteroatoms. The summed E-state index contributed by atoms with van der Waals surface area (Å²) in [6.45, 7) is 0.736. The van der Waals surface area contributed by atoms with Crippen LogP contribution in [0.4, 0.5) is 0 Å². The van der Waals surface area contributed by atoms with E-state index in [1.807, 2.05) is 7.05 Å². The van der Waals surface area contributed by atoms with Crippen LogP contribution in [0.25, 0.3) is 11.0 Å². The molecule has 2 atom stereocenters. The number of aryl methyl sites for hydroxylation is 2. The molecule has 1 aliphatic rings. The first-order valence-corrected chi connectivity index (χ1v) is 7.25. The molecule has 3 rings (SSSR count). The quantitative estimate of drug-likeness (QED) is 0.900. The zero-order valence-electron chi connectivity index (χ0n) is 12.0. The number of hydrogen-bond donors (Lipinski definition) is 1. The molecule has 2 aromatic rings. The number of fused-ring (bicyclic) bond motifs is 1. The standard InChI is InChI=1S/C14H21N5O/c1-15-12-5-3-4-10(12)6-7-19-9-16-13-11(14(19)20)8-17-18(13)2/h8-10,12,15H,3-7H2,1-2H3. The van der Waals surface area contributed by atoms with Gasteiger partial charge in [-0.25, -0.2) is 4.98 Å². The SMILES string of the molecule is CNC1CCCC1CCn1cnc2c(cnn2C)c1=O. The third-order valence-electron chi connectivity index (χ3n) is 4.49. The maximum atomic E-state index is 12.4. The molecule has 0 amide bonds. The third-order valence-corrected chi connectivity index (χ3v) is 4.49. The van der Waals surface area contributed by atoms with Gasteiger partial charge in [0.1, 0.15) is 5.39 Å². The predicted octanol–water partition coefficient (Wildman–Crippen LogP) is 0.908. The molecule has 0 radical (unpaired) electrons. The van der Waals surface area contributed by atoms with Gasteiger partial charge < -0.3 is 5.32 Å². The van der Waals surface area contributed by atoms with Gasteiger partial charge in [0.15, 0.2) is 5.65 Å². The van der Waals surface area contributed by atoms with Gasteiger partial charge in [-0.05, 0) is 32.2 Å². The molecule has 0 saturated heterocycles. The molecule has 108 valence electrons. The molecule has 2 aromatic heterocycles. The average molecular weight is 275 g/mol. The van der Waals surface area contributed by atoms with Crippen molar-refractivity contribution in [1.82, 2.24) is 24.6 Å². The summed E-state index contributed by atoms with van der Waals surface area (Å²) < 4.78 is 3.35. The summed E-state index contributed by atoms with van der Waals surface area (Å²) in [7, 11) is 3.83. The van der Waals surface area contributed by atoms with Gasteiger partial charge in [0.25, 0.3) is 5.56 Å². The highest BCUT2D eigenvalue weighted by Gasteiger charge is 2.25. The van der Waals surface area contributed by atoms with Crippen LogP contribution in [0, 0.1) is 5.92 Å². The summed E-state index contributed by atoms with van der Waals surface area (Å²) in [6, 6.07) is 0.598. The van der Waals surface area contributed by atoms with Crippen molar-refractivity contribution in [3.63, 3.8) is 0 Å². The van der Waals surface area contributed by atoms with E-state index in [0.717, 1.165) is 13.0 Å². The summed E-state index contributed by atoms with van der Waals surface area (Å²) in [5, 5.41) is 8.08. The van der Waals surface area contributed by atoms with E-state index in [2.05, 4.69) is 15.4 Å². The smallest absolute Gasteiger partial charge is 0.264 e. The van der Waals surface area contributed by atoms with Crippen LogP contribution >= 0.6 is 0 Å². The highest BCUT2D eigenvalue weighted by molar-refractivity contribution is 5.72. The van der Waals surface area contributed by atoms with Crippen molar-refractivity contribution in [2.45, 2.75) is 38.3 Å². The number of rotatable bonds is 4. The van der Waals surface area contributed by atoms with E-state index in [9.17, 15) is 4.79 Å². The predicted molar refractivity (Wildman–Crippen MR) is 77.6 cm³/mol. The lowest BCUT2D eigenvalue weighted by molar-refractivity contribution is 0.375. The van der Waals surface area contributed by atoms with E-state index in [1.54, 1.807) is 28.8 Å². The van der Waals surface area contributed by atoms with Crippen LogP contribution < -0.4 is 10.9 Å². The Morgan fingerprint density at radius 3 is 3.10 bits per heavy atom. The zero-order valence-corrected chi connectivity index (χ0v) is 12.0. The molecule has 2 heterocycles. The molecule has 0 bridgehead atoms.